The van der Waals surface area contributed by atoms with Crippen molar-refractivity contribution in [3.63, 3.8) is 0 Å². The normalized spacial score (nSPS) is 12.3. The highest BCUT2D eigenvalue weighted by Gasteiger charge is 2.15. The molecular formula is C19H24N4O3. The third-order valence-electron chi connectivity index (χ3n) is 4.14. The summed E-state index contributed by atoms with van der Waals surface area (Å²) in [6.45, 7) is 5.12. The van der Waals surface area contributed by atoms with Crippen molar-refractivity contribution in [2.45, 2.75) is 32.7 Å². The second-order valence-electron chi connectivity index (χ2n) is 5.90. The molecule has 0 aliphatic carbocycles. The molecule has 26 heavy (non-hydrogen) atoms. The lowest BCUT2D eigenvalue weighted by molar-refractivity contribution is -0.384. The molecule has 0 saturated heterocycles. The Kier molecular flexibility index (Phi) is 7.23. The molecule has 2 aromatic carbocycles. The Morgan fingerprint density at radius 1 is 1.04 bits per heavy atom. The summed E-state index contributed by atoms with van der Waals surface area (Å²) in [5.41, 5.74) is 2.31. The lowest BCUT2D eigenvalue weighted by atomic mass is 10.1. The Balaban J connectivity index is 2.09. The van der Waals surface area contributed by atoms with E-state index in [2.05, 4.69) is 29.0 Å². The van der Waals surface area contributed by atoms with Gasteiger partial charge in [0.05, 0.1) is 28.9 Å². The van der Waals surface area contributed by atoms with E-state index in [0.717, 1.165) is 25.1 Å². The molecule has 0 amide bonds. The van der Waals surface area contributed by atoms with Crippen LogP contribution in [0.15, 0.2) is 58.8 Å². The molecule has 0 spiro atoms. The van der Waals surface area contributed by atoms with Crippen LogP contribution in [0.5, 0.6) is 0 Å². The van der Waals surface area contributed by atoms with E-state index in [9.17, 15) is 15.2 Å². The summed E-state index contributed by atoms with van der Waals surface area (Å²) in [5, 5.41) is 28.5. The third kappa shape index (κ3) is 5.10. The number of aliphatic hydroxyl groups is 1. The molecule has 2 aromatic rings. The van der Waals surface area contributed by atoms with Crippen LogP contribution in [-0.4, -0.2) is 29.2 Å². The predicted octanol–water partition coefficient (Wildman–Crippen LogP) is 5.00. The first-order valence-corrected chi connectivity index (χ1v) is 8.72. The van der Waals surface area contributed by atoms with E-state index in [0.29, 0.717) is 11.4 Å². The van der Waals surface area contributed by atoms with Crippen molar-refractivity contribution in [2.24, 2.45) is 10.2 Å². The van der Waals surface area contributed by atoms with E-state index < -0.39 is 4.92 Å². The molecule has 7 heteroatoms. The molecule has 0 aliphatic rings. The van der Waals surface area contributed by atoms with E-state index in [1.54, 1.807) is 12.1 Å². The predicted molar refractivity (Wildman–Crippen MR) is 103 cm³/mol. The molecule has 0 heterocycles. The largest absolute Gasteiger partial charge is 0.394 e. The van der Waals surface area contributed by atoms with Gasteiger partial charge in [0.1, 0.15) is 0 Å². The second kappa shape index (κ2) is 9.62. The minimum absolute atomic E-state index is 0.0264. The van der Waals surface area contributed by atoms with Crippen LogP contribution in [0.3, 0.4) is 0 Å². The maximum atomic E-state index is 10.6. The monoisotopic (exact) mass is 356 g/mol. The SMILES string of the molecule is CCCC(CO)N(CC)c1ccc(/N=N/c2ccc([N+](=O)[O-])cc2)cc1. The number of nitro benzene ring substituents is 1. The van der Waals surface area contributed by atoms with Gasteiger partial charge in [0.25, 0.3) is 5.69 Å². The van der Waals surface area contributed by atoms with Gasteiger partial charge in [0.2, 0.25) is 0 Å². The van der Waals surface area contributed by atoms with Gasteiger partial charge in [-0.2, -0.15) is 10.2 Å². The van der Waals surface area contributed by atoms with Gasteiger partial charge in [-0.05, 0) is 49.7 Å². The molecule has 7 nitrogen and oxygen atoms in total. The standard InChI is InChI=1S/C19H24N4O3/c1-3-5-19(14-24)22(4-2)17-10-6-15(7-11-17)20-21-16-8-12-18(13-9-16)23(25)26/h6-13,19,24H,3-5,14H2,1-2H3/b21-20+. The zero-order chi connectivity index (χ0) is 18.9. The number of anilines is 1. The van der Waals surface area contributed by atoms with Crippen LogP contribution in [-0.2, 0) is 0 Å². The van der Waals surface area contributed by atoms with Crippen LogP contribution in [0, 0.1) is 10.1 Å². The van der Waals surface area contributed by atoms with E-state index in [4.69, 9.17) is 0 Å². The Morgan fingerprint density at radius 3 is 2.00 bits per heavy atom. The first-order valence-electron chi connectivity index (χ1n) is 8.72. The Bertz CT molecular complexity index is 729. The summed E-state index contributed by atoms with van der Waals surface area (Å²) in [6.07, 6.45) is 1.95. The van der Waals surface area contributed by atoms with E-state index in [-0.39, 0.29) is 18.3 Å². The number of likely N-dealkylation sites (N-methyl/N-ethyl adjacent to an activating group) is 1. The highest BCUT2D eigenvalue weighted by atomic mass is 16.6. The molecule has 1 unspecified atom stereocenters. The number of benzene rings is 2. The Labute approximate surface area is 153 Å². The van der Waals surface area contributed by atoms with Crippen LogP contribution >= 0.6 is 0 Å². The number of nitrogens with zero attached hydrogens (tertiary/aromatic N) is 4. The molecule has 1 atom stereocenters. The molecule has 0 radical (unpaired) electrons. The average Bonchev–Trinajstić information content (AvgIpc) is 2.67. The lowest BCUT2D eigenvalue weighted by Crippen LogP contribution is -2.37. The fraction of sp³-hybridized carbons (Fsp3) is 0.368. The van der Waals surface area contributed by atoms with Crippen LogP contribution in [0.2, 0.25) is 0 Å². The number of rotatable bonds is 9. The maximum absolute atomic E-state index is 10.6. The van der Waals surface area contributed by atoms with Crippen LogP contribution in [0.25, 0.3) is 0 Å². The van der Waals surface area contributed by atoms with Crippen LogP contribution in [0.4, 0.5) is 22.7 Å². The van der Waals surface area contributed by atoms with Crippen LogP contribution < -0.4 is 4.90 Å². The van der Waals surface area contributed by atoms with Crippen LogP contribution in [0.1, 0.15) is 26.7 Å². The number of non-ortho nitro benzene ring substituents is 1. The van der Waals surface area contributed by atoms with Crippen molar-refractivity contribution >= 4 is 22.7 Å². The lowest BCUT2D eigenvalue weighted by Gasteiger charge is -2.31. The van der Waals surface area contributed by atoms with Crippen molar-refractivity contribution in [3.05, 3.63) is 58.6 Å². The van der Waals surface area contributed by atoms with E-state index >= 15 is 0 Å². The molecule has 138 valence electrons. The summed E-state index contributed by atoms with van der Waals surface area (Å²) in [7, 11) is 0. The van der Waals surface area contributed by atoms with Gasteiger partial charge in [-0.15, -0.1) is 0 Å². The van der Waals surface area contributed by atoms with Gasteiger partial charge < -0.3 is 10.0 Å². The highest BCUT2D eigenvalue weighted by Crippen LogP contribution is 2.25. The summed E-state index contributed by atoms with van der Waals surface area (Å²) < 4.78 is 0. The fourth-order valence-electron chi connectivity index (χ4n) is 2.80. The third-order valence-corrected chi connectivity index (χ3v) is 4.14. The van der Waals surface area contributed by atoms with Gasteiger partial charge in [0.15, 0.2) is 0 Å². The number of hydrogen-bond acceptors (Lipinski definition) is 6. The van der Waals surface area contributed by atoms with Crippen molar-refractivity contribution < 1.29 is 10.0 Å². The quantitative estimate of drug-likeness (QED) is 0.389. The topological polar surface area (TPSA) is 91.3 Å². The zero-order valence-electron chi connectivity index (χ0n) is 15.1. The highest BCUT2D eigenvalue weighted by molar-refractivity contribution is 5.53. The molecule has 0 aromatic heterocycles. The Morgan fingerprint density at radius 2 is 1.58 bits per heavy atom. The summed E-state index contributed by atoms with van der Waals surface area (Å²) in [6, 6.07) is 13.7. The van der Waals surface area contributed by atoms with Gasteiger partial charge in [-0.3, -0.25) is 10.1 Å². The summed E-state index contributed by atoms with van der Waals surface area (Å²) in [5.74, 6) is 0. The van der Waals surface area contributed by atoms with E-state index in [1.807, 2.05) is 24.3 Å². The molecule has 2 rings (SSSR count). The van der Waals surface area contributed by atoms with E-state index in [1.165, 1.54) is 12.1 Å². The first-order chi connectivity index (χ1) is 12.6. The van der Waals surface area contributed by atoms with Crippen molar-refractivity contribution in [1.82, 2.24) is 0 Å². The Hall–Kier alpha value is -2.80. The van der Waals surface area contributed by atoms with Crippen molar-refractivity contribution in [1.29, 1.82) is 0 Å². The summed E-state index contributed by atoms with van der Waals surface area (Å²) in [4.78, 5) is 12.4. The first kappa shape index (κ1) is 19.5. The number of azo groups is 1. The minimum Gasteiger partial charge on any atom is -0.394 e. The average molecular weight is 356 g/mol. The number of hydrogen-bond donors (Lipinski definition) is 1. The minimum atomic E-state index is -0.447. The maximum Gasteiger partial charge on any atom is 0.269 e. The van der Waals surface area contributed by atoms with Crippen molar-refractivity contribution in [3.8, 4) is 0 Å². The number of aliphatic hydroxyl groups excluding tert-OH is 1. The van der Waals surface area contributed by atoms with Gasteiger partial charge in [-0.25, -0.2) is 0 Å². The second-order valence-corrected chi connectivity index (χ2v) is 5.90. The molecule has 0 aliphatic heterocycles. The van der Waals surface area contributed by atoms with Gasteiger partial charge in [0, 0.05) is 24.4 Å². The molecular weight excluding hydrogens is 332 g/mol. The zero-order valence-corrected chi connectivity index (χ0v) is 15.1. The van der Waals surface area contributed by atoms with Gasteiger partial charge in [-0.1, -0.05) is 13.3 Å². The molecule has 0 fully saturated rings. The molecule has 1 N–H and O–H groups in total. The smallest absolute Gasteiger partial charge is 0.269 e. The fourth-order valence-corrected chi connectivity index (χ4v) is 2.80. The van der Waals surface area contributed by atoms with Gasteiger partial charge >= 0.3 is 0 Å². The summed E-state index contributed by atoms with van der Waals surface area (Å²) >= 11 is 0. The molecule has 0 saturated carbocycles. The van der Waals surface area contributed by atoms with Crippen molar-refractivity contribution in [2.75, 3.05) is 18.1 Å². The molecule has 0 bridgehead atoms. The number of nitro groups is 1.